The van der Waals surface area contributed by atoms with E-state index in [1.54, 1.807) is 31.6 Å². The van der Waals surface area contributed by atoms with Crippen molar-refractivity contribution in [1.29, 1.82) is 0 Å². The van der Waals surface area contributed by atoms with Gasteiger partial charge in [-0.25, -0.2) is 4.39 Å². The van der Waals surface area contributed by atoms with Crippen LogP contribution in [0.1, 0.15) is 29.7 Å². The number of nitrogens with zero attached hydrogens (tertiary/aromatic N) is 1. The monoisotopic (exact) mass is 421 g/mol. The molecule has 0 saturated heterocycles. The molecule has 6 heteroatoms. The van der Waals surface area contributed by atoms with Crippen molar-refractivity contribution in [3.05, 3.63) is 89.6 Å². The minimum atomic E-state index is -0.325. The number of ether oxygens (including phenoxy) is 2. The Morgan fingerprint density at radius 2 is 2.03 bits per heavy atom. The molecule has 1 aliphatic carbocycles. The van der Waals surface area contributed by atoms with Gasteiger partial charge in [-0.1, -0.05) is 18.2 Å². The average molecular weight is 421 g/mol. The second kappa shape index (κ2) is 9.51. The van der Waals surface area contributed by atoms with Crippen molar-refractivity contribution >= 4 is 12.0 Å². The van der Waals surface area contributed by atoms with E-state index < -0.39 is 0 Å². The van der Waals surface area contributed by atoms with Gasteiger partial charge >= 0.3 is 0 Å². The molecule has 1 amide bonds. The number of halogens is 1. The average Bonchev–Trinajstić information content (AvgIpc) is 3.48. The Morgan fingerprint density at radius 1 is 1.16 bits per heavy atom. The predicted octanol–water partition coefficient (Wildman–Crippen LogP) is 5.21. The first-order chi connectivity index (χ1) is 15.1. The fourth-order valence-corrected chi connectivity index (χ4v) is 3.32. The highest BCUT2D eigenvalue weighted by Crippen LogP contribution is 2.32. The molecule has 0 bridgehead atoms. The number of carbonyl (C=O) groups is 1. The Kier molecular flexibility index (Phi) is 6.36. The van der Waals surface area contributed by atoms with E-state index in [1.807, 2.05) is 35.2 Å². The summed E-state index contributed by atoms with van der Waals surface area (Å²) in [5.74, 6) is 1.50. The summed E-state index contributed by atoms with van der Waals surface area (Å²) in [6.45, 7) is 0.743. The van der Waals surface area contributed by atoms with Crippen LogP contribution in [0.2, 0.25) is 0 Å². The van der Waals surface area contributed by atoms with Crippen molar-refractivity contribution in [3.8, 4) is 11.5 Å². The molecular weight excluding hydrogens is 397 g/mol. The highest BCUT2D eigenvalue weighted by molar-refractivity contribution is 5.92. The summed E-state index contributed by atoms with van der Waals surface area (Å²) < 4.78 is 30.0. The minimum absolute atomic E-state index is 0.0966. The van der Waals surface area contributed by atoms with Crippen molar-refractivity contribution < 1.29 is 23.1 Å². The van der Waals surface area contributed by atoms with Gasteiger partial charge in [-0.2, -0.15) is 0 Å². The zero-order chi connectivity index (χ0) is 21.6. The lowest BCUT2D eigenvalue weighted by atomic mass is 10.1. The zero-order valence-corrected chi connectivity index (χ0v) is 17.3. The zero-order valence-electron chi connectivity index (χ0n) is 17.3. The Balaban J connectivity index is 1.47. The molecule has 1 heterocycles. The molecule has 0 aliphatic heterocycles. The molecule has 160 valence electrons. The van der Waals surface area contributed by atoms with E-state index in [0.29, 0.717) is 29.4 Å². The largest absolute Gasteiger partial charge is 0.493 e. The highest BCUT2D eigenvalue weighted by atomic mass is 19.1. The third-order valence-electron chi connectivity index (χ3n) is 5.07. The van der Waals surface area contributed by atoms with Crippen LogP contribution in [0.15, 0.2) is 71.4 Å². The molecule has 1 saturated carbocycles. The molecule has 1 aromatic heterocycles. The standard InChI is InChI=1S/C25H24FNO4/c1-29-23-11-7-19(15-24(23)31-17-22-6-3-13-30-22)16-27(21-9-10-21)25(28)12-8-18-4-2-5-20(26)14-18/h2-8,11-15,21H,9-10,16-17H2,1H3/b12-8+. The van der Waals surface area contributed by atoms with Crippen molar-refractivity contribution in [1.82, 2.24) is 4.90 Å². The number of amides is 1. The third-order valence-corrected chi connectivity index (χ3v) is 5.07. The minimum Gasteiger partial charge on any atom is -0.493 e. The highest BCUT2D eigenvalue weighted by Gasteiger charge is 2.31. The van der Waals surface area contributed by atoms with Crippen LogP contribution in [0.5, 0.6) is 11.5 Å². The molecule has 31 heavy (non-hydrogen) atoms. The lowest BCUT2D eigenvalue weighted by Gasteiger charge is -2.22. The maximum absolute atomic E-state index is 13.4. The number of hydrogen-bond acceptors (Lipinski definition) is 4. The SMILES string of the molecule is COc1ccc(CN(C(=O)/C=C/c2cccc(F)c2)C2CC2)cc1OCc1ccco1. The molecule has 2 aromatic carbocycles. The molecule has 3 aromatic rings. The summed E-state index contributed by atoms with van der Waals surface area (Å²) in [7, 11) is 1.59. The van der Waals surface area contributed by atoms with E-state index in [-0.39, 0.29) is 24.4 Å². The van der Waals surface area contributed by atoms with E-state index in [0.717, 1.165) is 18.4 Å². The lowest BCUT2D eigenvalue weighted by molar-refractivity contribution is -0.127. The lowest BCUT2D eigenvalue weighted by Crippen LogP contribution is -2.31. The first kappa shape index (κ1) is 20.7. The number of rotatable bonds is 9. The Bertz CT molecular complexity index is 1060. The summed E-state index contributed by atoms with van der Waals surface area (Å²) in [6.07, 6.45) is 6.72. The summed E-state index contributed by atoms with van der Waals surface area (Å²) >= 11 is 0. The fraction of sp³-hybridized carbons (Fsp3) is 0.240. The molecule has 1 fully saturated rings. The van der Waals surface area contributed by atoms with E-state index in [9.17, 15) is 9.18 Å². The van der Waals surface area contributed by atoms with Crippen LogP contribution in [0.4, 0.5) is 4.39 Å². The van der Waals surface area contributed by atoms with Crippen LogP contribution in [0.3, 0.4) is 0 Å². The van der Waals surface area contributed by atoms with Crippen LogP contribution >= 0.6 is 0 Å². The van der Waals surface area contributed by atoms with Crippen molar-refractivity contribution in [2.45, 2.75) is 32.0 Å². The number of furan rings is 1. The Hall–Kier alpha value is -3.54. The number of benzene rings is 2. The fourth-order valence-electron chi connectivity index (χ4n) is 3.32. The van der Waals surface area contributed by atoms with Gasteiger partial charge in [0.1, 0.15) is 18.2 Å². The molecular formula is C25H24FNO4. The number of methoxy groups -OCH3 is 1. The molecule has 0 N–H and O–H groups in total. The normalized spacial score (nSPS) is 13.4. The quantitative estimate of drug-likeness (QED) is 0.445. The van der Waals surface area contributed by atoms with Gasteiger partial charge in [-0.05, 0) is 66.4 Å². The molecule has 0 unspecified atom stereocenters. The van der Waals surface area contributed by atoms with Gasteiger partial charge in [0.2, 0.25) is 5.91 Å². The topological polar surface area (TPSA) is 51.9 Å². The smallest absolute Gasteiger partial charge is 0.247 e. The first-order valence-corrected chi connectivity index (χ1v) is 10.2. The molecule has 0 atom stereocenters. The second-order valence-corrected chi connectivity index (χ2v) is 7.44. The van der Waals surface area contributed by atoms with Gasteiger partial charge in [0.05, 0.1) is 13.4 Å². The molecule has 5 nitrogen and oxygen atoms in total. The van der Waals surface area contributed by atoms with Crippen LogP contribution in [0.25, 0.3) is 6.08 Å². The summed E-state index contributed by atoms with van der Waals surface area (Å²) in [5.41, 5.74) is 1.59. The van der Waals surface area contributed by atoms with E-state index in [4.69, 9.17) is 13.9 Å². The van der Waals surface area contributed by atoms with Crippen molar-refractivity contribution in [2.75, 3.05) is 7.11 Å². The van der Waals surface area contributed by atoms with Gasteiger partial charge in [0.25, 0.3) is 0 Å². The maximum Gasteiger partial charge on any atom is 0.247 e. The Labute approximate surface area is 180 Å². The maximum atomic E-state index is 13.4. The molecule has 1 aliphatic rings. The van der Waals surface area contributed by atoms with Crippen LogP contribution in [-0.4, -0.2) is 24.0 Å². The number of hydrogen-bond donors (Lipinski definition) is 0. The molecule has 0 radical (unpaired) electrons. The molecule has 0 spiro atoms. The van der Waals surface area contributed by atoms with Crippen LogP contribution in [0, 0.1) is 5.82 Å². The van der Waals surface area contributed by atoms with Crippen molar-refractivity contribution in [2.24, 2.45) is 0 Å². The van der Waals surface area contributed by atoms with E-state index in [2.05, 4.69) is 0 Å². The molecule has 4 rings (SSSR count). The van der Waals surface area contributed by atoms with Crippen LogP contribution in [-0.2, 0) is 17.9 Å². The van der Waals surface area contributed by atoms with Gasteiger partial charge in [-0.15, -0.1) is 0 Å². The van der Waals surface area contributed by atoms with Gasteiger partial charge in [0.15, 0.2) is 11.5 Å². The summed E-state index contributed by atoms with van der Waals surface area (Å²) in [6, 6.07) is 15.7. The van der Waals surface area contributed by atoms with Crippen molar-refractivity contribution in [3.63, 3.8) is 0 Å². The third kappa shape index (κ3) is 5.54. The summed E-state index contributed by atoms with van der Waals surface area (Å²) in [5, 5.41) is 0. The van der Waals surface area contributed by atoms with Gasteiger partial charge in [-0.3, -0.25) is 4.79 Å². The van der Waals surface area contributed by atoms with E-state index >= 15 is 0 Å². The summed E-state index contributed by atoms with van der Waals surface area (Å²) in [4.78, 5) is 14.7. The van der Waals surface area contributed by atoms with Gasteiger partial charge < -0.3 is 18.8 Å². The van der Waals surface area contributed by atoms with Gasteiger partial charge in [0, 0.05) is 18.7 Å². The second-order valence-electron chi connectivity index (χ2n) is 7.44. The number of carbonyl (C=O) groups excluding carboxylic acids is 1. The first-order valence-electron chi connectivity index (χ1n) is 10.2. The van der Waals surface area contributed by atoms with E-state index in [1.165, 1.54) is 18.2 Å². The predicted molar refractivity (Wildman–Crippen MR) is 115 cm³/mol. The Morgan fingerprint density at radius 3 is 2.74 bits per heavy atom. The van der Waals surface area contributed by atoms with Crippen LogP contribution < -0.4 is 9.47 Å².